The predicted octanol–water partition coefficient (Wildman–Crippen LogP) is -3.04. The lowest BCUT2D eigenvalue weighted by Crippen LogP contribution is -2.62. The number of hydrogen-bond acceptors (Lipinski definition) is 13. The molecule has 0 aromatic heterocycles. The van der Waals surface area contributed by atoms with Gasteiger partial charge in [-0.05, 0) is 56.8 Å². The Kier molecular flexibility index (Phi) is 25.9. The fraction of sp³-hybridized carbons (Fsp3) is 0.750. The molecule has 0 aliphatic heterocycles. The number of hydrogen-bond donors (Lipinski definition) is 13. The molecule has 23 heteroatoms. The van der Waals surface area contributed by atoms with Crippen LogP contribution >= 0.6 is 0 Å². The first-order valence-corrected chi connectivity index (χ1v) is 21.0. The molecule has 0 radical (unpaired) electrons. The smallest absolute Gasteiger partial charge is 0.326 e. The SMILES string of the molecule is CC[C@H](C)[C@H](NC(=O)CN)C(=O)N[C@@H](C)C(=O)N[C@@H](CC(C)C)C(=O)N[C@@H](CC(=O)O)C(=O)N[C@@H](CC(C)C)C(=O)N[C@@H](CO)C(=O)N[C@H](C(=O)N[C@@H](CC(C)C)C(=O)O)[C@@H](C)O. The first kappa shape index (κ1) is 57.6. The third-order valence-corrected chi connectivity index (χ3v) is 9.64. The summed E-state index contributed by atoms with van der Waals surface area (Å²) in [6.07, 6.45) is -2.10. The fourth-order valence-corrected chi connectivity index (χ4v) is 6.01. The first-order valence-electron chi connectivity index (χ1n) is 21.0. The molecule has 0 unspecified atom stereocenters. The molecule has 0 rings (SSSR count). The van der Waals surface area contributed by atoms with Crippen molar-refractivity contribution < 1.29 is 68.4 Å². The lowest BCUT2D eigenvalue weighted by Gasteiger charge is -2.28. The second kappa shape index (κ2) is 28.3. The Balaban J connectivity index is 6.23. The largest absolute Gasteiger partial charge is 0.481 e. The summed E-state index contributed by atoms with van der Waals surface area (Å²) in [5, 5.41) is 58.4. The summed E-state index contributed by atoms with van der Waals surface area (Å²) in [5.74, 6) is -11.3. The molecule has 0 aliphatic carbocycles. The van der Waals surface area contributed by atoms with E-state index < -0.39 is 127 Å². The van der Waals surface area contributed by atoms with Crippen molar-refractivity contribution in [2.45, 2.75) is 156 Å². The van der Waals surface area contributed by atoms with Crippen LogP contribution in [0.3, 0.4) is 0 Å². The van der Waals surface area contributed by atoms with E-state index in [-0.39, 0.29) is 49.5 Å². The summed E-state index contributed by atoms with van der Waals surface area (Å²) in [6.45, 7) is 14.9. The number of carbonyl (C=O) groups is 10. The third-order valence-electron chi connectivity index (χ3n) is 9.64. The molecule has 0 spiro atoms. The van der Waals surface area contributed by atoms with Crippen molar-refractivity contribution in [3.05, 3.63) is 0 Å². The van der Waals surface area contributed by atoms with Gasteiger partial charge in [-0.1, -0.05) is 61.8 Å². The van der Waals surface area contributed by atoms with Gasteiger partial charge in [0.15, 0.2) is 0 Å². The standard InChI is InChI=1S/C40H71N9O14/c1-11-21(8)31(48-29(52)16-41)38(60)42-22(9)33(55)43-24(12-18(2)3)34(56)45-26(15-30(53)54)36(58)44-25(13-19(4)5)35(57)47-28(17-50)37(59)49-32(23(10)51)39(61)46-27(40(62)63)14-20(6)7/h18-28,31-32,50-51H,11-17,41H2,1-10H3,(H,42,60)(H,43,55)(H,44,58)(H,45,56)(H,46,61)(H,47,57)(H,48,52)(H,49,59)(H,53,54)(H,62,63)/t21-,22-,23+,24-,25-,26-,27-,28-,31-,32-/m0/s1. The Hall–Kier alpha value is -5.42. The second-order valence-electron chi connectivity index (χ2n) is 16.9. The fourth-order valence-electron chi connectivity index (χ4n) is 6.01. The van der Waals surface area contributed by atoms with Gasteiger partial charge in [0.2, 0.25) is 47.3 Å². The number of aliphatic hydroxyl groups excluding tert-OH is 2. The van der Waals surface area contributed by atoms with Crippen molar-refractivity contribution in [1.29, 1.82) is 0 Å². The molecule has 8 amide bonds. The number of carboxylic acids is 2. The van der Waals surface area contributed by atoms with E-state index in [0.717, 1.165) is 6.92 Å². The number of amides is 8. The number of aliphatic carboxylic acids is 2. The van der Waals surface area contributed by atoms with Crippen LogP contribution in [0.1, 0.15) is 101 Å². The highest BCUT2D eigenvalue weighted by molar-refractivity contribution is 5.98. The summed E-state index contributed by atoms with van der Waals surface area (Å²) in [7, 11) is 0. The zero-order valence-electron chi connectivity index (χ0n) is 37.9. The Bertz CT molecular complexity index is 1590. The summed E-state index contributed by atoms with van der Waals surface area (Å²) < 4.78 is 0. The van der Waals surface area contributed by atoms with Crippen molar-refractivity contribution in [2.24, 2.45) is 29.4 Å². The number of rotatable bonds is 29. The van der Waals surface area contributed by atoms with Gasteiger partial charge in [-0.2, -0.15) is 0 Å². The normalized spacial score (nSPS) is 16.1. The Morgan fingerprint density at radius 2 is 0.889 bits per heavy atom. The van der Waals surface area contributed by atoms with E-state index >= 15 is 0 Å². The first-order chi connectivity index (χ1) is 29.2. The molecular weight excluding hydrogens is 830 g/mol. The molecule has 0 heterocycles. The monoisotopic (exact) mass is 902 g/mol. The average molecular weight is 902 g/mol. The quantitative estimate of drug-likeness (QED) is 0.0355. The molecule has 0 aromatic carbocycles. The van der Waals surface area contributed by atoms with E-state index in [1.165, 1.54) is 6.92 Å². The number of nitrogens with one attached hydrogen (secondary N) is 8. The van der Waals surface area contributed by atoms with Crippen LogP contribution in [-0.4, -0.2) is 147 Å². The minimum atomic E-state index is -1.81. The van der Waals surface area contributed by atoms with Gasteiger partial charge in [-0.15, -0.1) is 0 Å². The lowest BCUT2D eigenvalue weighted by atomic mass is 9.98. The van der Waals surface area contributed by atoms with Gasteiger partial charge in [0.25, 0.3) is 0 Å². The van der Waals surface area contributed by atoms with Gasteiger partial charge in [0, 0.05) is 0 Å². The van der Waals surface area contributed by atoms with Crippen LogP contribution in [0.25, 0.3) is 0 Å². The average Bonchev–Trinajstić information content (AvgIpc) is 3.17. The highest BCUT2D eigenvalue weighted by Gasteiger charge is 2.36. The van der Waals surface area contributed by atoms with Gasteiger partial charge in [0.05, 0.1) is 25.7 Å². The van der Waals surface area contributed by atoms with Crippen LogP contribution in [-0.2, 0) is 47.9 Å². The zero-order valence-corrected chi connectivity index (χ0v) is 37.9. The Labute approximate surface area is 368 Å². The van der Waals surface area contributed by atoms with E-state index in [4.69, 9.17) is 5.73 Å². The number of carboxylic acid groups (broad SMARTS) is 2. The molecule has 63 heavy (non-hydrogen) atoms. The molecule has 14 N–H and O–H groups in total. The number of nitrogens with two attached hydrogens (primary N) is 1. The van der Waals surface area contributed by atoms with Gasteiger partial charge < -0.3 is 68.7 Å². The molecule has 0 fully saturated rings. The van der Waals surface area contributed by atoms with E-state index in [1.54, 1.807) is 55.4 Å². The van der Waals surface area contributed by atoms with Crippen LogP contribution in [0.2, 0.25) is 0 Å². The van der Waals surface area contributed by atoms with Crippen molar-refractivity contribution in [3.8, 4) is 0 Å². The summed E-state index contributed by atoms with van der Waals surface area (Å²) in [4.78, 5) is 129. The molecule has 0 aliphatic rings. The van der Waals surface area contributed by atoms with Crippen LogP contribution < -0.4 is 48.3 Å². The highest BCUT2D eigenvalue weighted by Crippen LogP contribution is 2.12. The molecule has 360 valence electrons. The van der Waals surface area contributed by atoms with Gasteiger partial charge in [-0.3, -0.25) is 43.2 Å². The zero-order chi connectivity index (χ0) is 48.9. The summed E-state index contributed by atoms with van der Waals surface area (Å²) >= 11 is 0. The van der Waals surface area contributed by atoms with Crippen LogP contribution in [0.4, 0.5) is 0 Å². The van der Waals surface area contributed by atoms with Gasteiger partial charge in [0.1, 0.15) is 48.3 Å². The topological polar surface area (TPSA) is 374 Å². The molecular formula is C40H71N9O14. The maximum Gasteiger partial charge on any atom is 0.326 e. The van der Waals surface area contributed by atoms with E-state index in [9.17, 15) is 68.4 Å². The van der Waals surface area contributed by atoms with E-state index in [2.05, 4.69) is 42.5 Å². The molecule has 0 saturated heterocycles. The molecule has 0 aromatic rings. The minimum absolute atomic E-state index is 0.000353. The highest BCUT2D eigenvalue weighted by atomic mass is 16.4. The van der Waals surface area contributed by atoms with E-state index in [0.29, 0.717) is 6.42 Å². The lowest BCUT2D eigenvalue weighted by molar-refractivity contribution is -0.143. The minimum Gasteiger partial charge on any atom is -0.481 e. The second-order valence-corrected chi connectivity index (χ2v) is 16.9. The maximum atomic E-state index is 13.7. The van der Waals surface area contributed by atoms with Crippen LogP contribution in [0.5, 0.6) is 0 Å². The van der Waals surface area contributed by atoms with Crippen molar-refractivity contribution in [1.82, 2.24) is 42.5 Å². The Morgan fingerprint density at radius 1 is 0.492 bits per heavy atom. The van der Waals surface area contributed by atoms with Crippen LogP contribution in [0.15, 0.2) is 0 Å². The number of carbonyl (C=O) groups excluding carboxylic acids is 8. The molecule has 10 atom stereocenters. The predicted molar refractivity (Wildman–Crippen MR) is 227 cm³/mol. The van der Waals surface area contributed by atoms with Gasteiger partial charge >= 0.3 is 11.9 Å². The van der Waals surface area contributed by atoms with E-state index in [1.807, 2.05) is 0 Å². The Morgan fingerprint density at radius 3 is 1.30 bits per heavy atom. The number of aliphatic hydroxyl groups is 2. The molecule has 23 nitrogen and oxygen atoms in total. The van der Waals surface area contributed by atoms with Crippen molar-refractivity contribution >= 4 is 59.2 Å². The maximum absolute atomic E-state index is 13.7. The molecule has 0 bridgehead atoms. The summed E-state index contributed by atoms with van der Waals surface area (Å²) in [6, 6.07) is -11.7. The van der Waals surface area contributed by atoms with Crippen molar-refractivity contribution in [3.63, 3.8) is 0 Å². The van der Waals surface area contributed by atoms with Gasteiger partial charge in [-0.25, -0.2) is 4.79 Å². The third kappa shape index (κ3) is 21.5. The van der Waals surface area contributed by atoms with Crippen molar-refractivity contribution in [2.75, 3.05) is 13.2 Å². The summed E-state index contributed by atoms with van der Waals surface area (Å²) in [5.41, 5.74) is 5.38. The van der Waals surface area contributed by atoms with Crippen LogP contribution in [0, 0.1) is 23.7 Å². The molecule has 0 saturated carbocycles.